The first-order valence-corrected chi connectivity index (χ1v) is 10.5. The van der Waals surface area contributed by atoms with Crippen LogP contribution in [0.2, 0.25) is 0 Å². The average Bonchev–Trinajstić information content (AvgIpc) is 3.21. The van der Waals surface area contributed by atoms with Gasteiger partial charge in [0.2, 0.25) is 0 Å². The molecule has 1 aliphatic rings. The van der Waals surface area contributed by atoms with Crippen molar-refractivity contribution < 1.29 is 13.2 Å². The van der Waals surface area contributed by atoms with Gasteiger partial charge >= 0.3 is 0 Å². The van der Waals surface area contributed by atoms with Crippen molar-refractivity contribution in [2.45, 2.75) is 31.2 Å². The van der Waals surface area contributed by atoms with Crippen molar-refractivity contribution in [3.63, 3.8) is 0 Å². The number of amides is 1. The van der Waals surface area contributed by atoms with Crippen LogP contribution in [0.15, 0.2) is 47.5 Å². The number of rotatable bonds is 6. The second-order valence-corrected chi connectivity index (χ2v) is 8.55. The summed E-state index contributed by atoms with van der Waals surface area (Å²) < 4.78 is 24.3. The number of sulfone groups is 1. The van der Waals surface area contributed by atoms with E-state index in [1.807, 2.05) is 12.1 Å². The van der Waals surface area contributed by atoms with Gasteiger partial charge in [-0.1, -0.05) is 25.1 Å². The van der Waals surface area contributed by atoms with Crippen molar-refractivity contribution in [1.82, 2.24) is 10.3 Å². The molecule has 0 bridgehead atoms. The monoisotopic (exact) mass is 373 g/mol. The van der Waals surface area contributed by atoms with Gasteiger partial charge in [-0.2, -0.15) is 0 Å². The summed E-state index contributed by atoms with van der Waals surface area (Å²) in [4.78, 5) is 19.2. The van der Waals surface area contributed by atoms with Gasteiger partial charge in [-0.25, -0.2) is 13.4 Å². The Kier molecular flexibility index (Phi) is 5.56. The number of aromatic nitrogens is 1. The molecule has 1 aromatic heterocycles. The first-order chi connectivity index (χ1) is 12.5. The maximum Gasteiger partial charge on any atom is 0.252 e. The van der Waals surface area contributed by atoms with Crippen molar-refractivity contribution in [1.29, 1.82) is 0 Å². The number of nitrogens with one attached hydrogen (secondary N) is 1. The van der Waals surface area contributed by atoms with Crippen LogP contribution in [0.4, 0.5) is 5.82 Å². The summed E-state index contributed by atoms with van der Waals surface area (Å²) in [6.45, 7) is 3.93. The Bertz CT molecular complexity index is 873. The van der Waals surface area contributed by atoms with Crippen LogP contribution in [0, 0.1) is 0 Å². The highest BCUT2D eigenvalue weighted by Crippen LogP contribution is 2.19. The molecular weight excluding hydrogens is 350 g/mol. The van der Waals surface area contributed by atoms with Crippen molar-refractivity contribution in [3.8, 4) is 0 Å². The Hall–Kier alpha value is -2.41. The molecule has 7 heteroatoms. The maximum atomic E-state index is 12.5. The molecule has 6 nitrogen and oxygen atoms in total. The van der Waals surface area contributed by atoms with Crippen LogP contribution in [0.1, 0.15) is 35.7 Å². The van der Waals surface area contributed by atoms with Crippen molar-refractivity contribution in [2.24, 2.45) is 0 Å². The van der Waals surface area contributed by atoms with E-state index in [0.717, 1.165) is 24.5 Å². The fourth-order valence-corrected chi connectivity index (χ4v) is 4.11. The molecule has 0 aliphatic carbocycles. The fraction of sp³-hybridized carbons (Fsp3) is 0.368. The highest BCUT2D eigenvalue weighted by molar-refractivity contribution is 7.91. The van der Waals surface area contributed by atoms with Gasteiger partial charge in [0, 0.05) is 25.8 Å². The summed E-state index contributed by atoms with van der Waals surface area (Å²) >= 11 is 0. The Morgan fingerprint density at radius 3 is 2.54 bits per heavy atom. The first kappa shape index (κ1) is 18.4. The van der Waals surface area contributed by atoms with Crippen molar-refractivity contribution in [3.05, 3.63) is 53.7 Å². The third-order valence-corrected chi connectivity index (χ3v) is 6.33. The molecule has 2 heterocycles. The molecule has 1 fully saturated rings. The van der Waals surface area contributed by atoms with Gasteiger partial charge in [0.1, 0.15) is 5.82 Å². The van der Waals surface area contributed by atoms with Crippen LogP contribution in [0.25, 0.3) is 0 Å². The molecule has 2 aromatic rings. The van der Waals surface area contributed by atoms with E-state index in [-0.39, 0.29) is 16.2 Å². The maximum absolute atomic E-state index is 12.5. The van der Waals surface area contributed by atoms with E-state index in [2.05, 4.69) is 15.2 Å². The zero-order valence-corrected chi connectivity index (χ0v) is 15.6. The highest BCUT2D eigenvalue weighted by Gasteiger charge is 2.20. The summed E-state index contributed by atoms with van der Waals surface area (Å²) in [5, 5.41) is 2.78. The summed E-state index contributed by atoms with van der Waals surface area (Å²) in [6.07, 6.45) is 4.14. The molecule has 1 saturated heterocycles. The van der Waals surface area contributed by atoms with Crippen LogP contribution in [0.3, 0.4) is 0 Å². The number of hydrogen-bond donors (Lipinski definition) is 1. The van der Waals surface area contributed by atoms with Gasteiger partial charge in [0.05, 0.1) is 16.2 Å². The van der Waals surface area contributed by atoms with Gasteiger partial charge in [-0.3, -0.25) is 4.79 Å². The molecule has 0 atom stereocenters. The van der Waals surface area contributed by atoms with Crippen LogP contribution < -0.4 is 10.2 Å². The minimum Gasteiger partial charge on any atom is -0.357 e. The smallest absolute Gasteiger partial charge is 0.252 e. The van der Waals surface area contributed by atoms with Gasteiger partial charge < -0.3 is 10.2 Å². The third kappa shape index (κ3) is 4.04. The number of carbonyl (C=O) groups is 1. The Morgan fingerprint density at radius 2 is 1.88 bits per heavy atom. The predicted molar refractivity (Wildman–Crippen MR) is 101 cm³/mol. The standard InChI is InChI=1S/C19H23N3O3S/c1-2-26(24,25)17-8-4-3-7-16(17)19(23)21-14-15-9-10-18(20-13-15)22-11-5-6-12-22/h3-4,7-10,13H,2,5-6,11-12,14H2,1H3,(H,21,23). The number of carbonyl (C=O) groups excluding carboxylic acids is 1. The van der Waals surface area contributed by atoms with Crippen LogP contribution in [-0.4, -0.2) is 38.2 Å². The summed E-state index contributed by atoms with van der Waals surface area (Å²) in [6, 6.07) is 10.2. The highest BCUT2D eigenvalue weighted by atomic mass is 32.2. The van der Waals surface area contributed by atoms with E-state index in [9.17, 15) is 13.2 Å². The quantitative estimate of drug-likeness (QED) is 0.841. The SMILES string of the molecule is CCS(=O)(=O)c1ccccc1C(=O)NCc1ccc(N2CCCC2)nc1. The van der Waals surface area contributed by atoms with Crippen LogP contribution in [-0.2, 0) is 16.4 Å². The number of nitrogens with zero attached hydrogens (tertiary/aromatic N) is 2. The predicted octanol–water partition coefficient (Wildman–Crippen LogP) is 2.41. The van der Waals surface area contributed by atoms with Crippen molar-refractivity contribution in [2.75, 3.05) is 23.7 Å². The number of benzene rings is 1. The molecule has 0 saturated carbocycles. The molecule has 1 aliphatic heterocycles. The fourth-order valence-electron chi connectivity index (χ4n) is 3.01. The van der Waals surface area contributed by atoms with Gasteiger partial charge in [0.15, 0.2) is 9.84 Å². The normalized spacial score (nSPS) is 14.4. The summed E-state index contributed by atoms with van der Waals surface area (Å²) in [5.41, 5.74) is 1.05. The number of pyridine rings is 1. The lowest BCUT2D eigenvalue weighted by atomic mass is 10.2. The Labute approximate surface area is 154 Å². The Morgan fingerprint density at radius 1 is 1.15 bits per heavy atom. The molecule has 26 heavy (non-hydrogen) atoms. The molecular formula is C19H23N3O3S. The topological polar surface area (TPSA) is 79.4 Å². The summed E-state index contributed by atoms with van der Waals surface area (Å²) in [7, 11) is -3.45. The molecule has 0 spiro atoms. The molecule has 1 N–H and O–H groups in total. The minimum absolute atomic E-state index is 0.0425. The van der Waals surface area contributed by atoms with E-state index >= 15 is 0 Å². The van der Waals surface area contributed by atoms with Gasteiger partial charge in [0.25, 0.3) is 5.91 Å². The molecule has 1 amide bonds. The van der Waals surface area contributed by atoms with E-state index < -0.39 is 15.7 Å². The van der Waals surface area contributed by atoms with Crippen LogP contribution >= 0.6 is 0 Å². The lowest BCUT2D eigenvalue weighted by Gasteiger charge is -2.16. The molecule has 138 valence electrons. The van der Waals surface area contributed by atoms with E-state index in [0.29, 0.717) is 6.54 Å². The van der Waals surface area contributed by atoms with Crippen LogP contribution in [0.5, 0.6) is 0 Å². The van der Waals surface area contributed by atoms with Gasteiger partial charge in [-0.15, -0.1) is 0 Å². The number of hydrogen-bond acceptors (Lipinski definition) is 5. The average molecular weight is 373 g/mol. The second-order valence-electron chi connectivity index (χ2n) is 6.30. The molecule has 1 aromatic carbocycles. The Balaban J connectivity index is 1.68. The number of anilines is 1. The zero-order valence-electron chi connectivity index (χ0n) is 14.8. The van der Waals surface area contributed by atoms with Gasteiger partial charge in [-0.05, 0) is 36.6 Å². The lowest BCUT2D eigenvalue weighted by Crippen LogP contribution is -2.25. The largest absolute Gasteiger partial charge is 0.357 e. The van der Waals surface area contributed by atoms with Crippen molar-refractivity contribution >= 4 is 21.6 Å². The summed E-state index contributed by atoms with van der Waals surface area (Å²) in [5.74, 6) is 0.511. The molecule has 0 unspecified atom stereocenters. The molecule has 0 radical (unpaired) electrons. The second kappa shape index (κ2) is 7.86. The lowest BCUT2D eigenvalue weighted by molar-refractivity contribution is 0.0947. The van der Waals surface area contributed by atoms with E-state index in [4.69, 9.17) is 0 Å². The molecule has 3 rings (SSSR count). The third-order valence-electron chi connectivity index (χ3n) is 4.54. The minimum atomic E-state index is -3.45. The first-order valence-electron chi connectivity index (χ1n) is 8.81. The van der Waals surface area contributed by atoms with E-state index in [1.165, 1.54) is 25.0 Å². The zero-order chi connectivity index (χ0) is 18.6. The van der Waals surface area contributed by atoms with E-state index in [1.54, 1.807) is 25.3 Å².